The van der Waals surface area contributed by atoms with E-state index in [0.717, 1.165) is 56.9 Å². The molecule has 1 aromatic rings. The number of ether oxygens (including phenoxy) is 2. The van der Waals surface area contributed by atoms with Crippen molar-refractivity contribution in [2.75, 3.05) is 46.5 Å². The summed E-state index contributed by atoms with van der Waals surface area (Å²) in [5.41, 5.74) is 1.14. The standard InChI is InChI=1S/C21H35N5O2.HI/c1-16(2)19(26-8-10-27-11-9-26)14-25-21(22-3)24-13-18-6-7-23-20(12-18)28-15-17-4-5-17;/h6-7,12,16-17,19H,4-5,8-11,13-15H2,1-3H3,(H2,22,24,25);1H. The summed E-state index contributed by atoms with van der Waals surface area (Å²) in [6, 6.07) is 4.48. The zero-order valence-corrected chi connectivity index (χ0v) is 20.2. The van der Waals surface area contributed by atoms with Gasteiger partial charge in [0.25, 0.3) is 0 Å². The highest BCUT2D eigenvalue weighted by molar-refractivity contribution is 14.0. The van der Waals surface area contributed by atoms with E-state index in [4.69, 9.17) is 9.47 Å². The fourth-order valence-corrected chi connectivity index (χ4v) is 3.43. The van der Waals surface area contributed by atoms with Crippen LogP contribution in [0.5, 0.6) is 5.88 Å². The number of rotatable bonds is 9. The molecule has 0 bridgehead atoms. The van der Waals surface area contributed by atoms with Gasteiger partial charge in [0.1, 0.15) is 0 Å². The van der Waals surface area contributed by atoms with Gasteiger partial charge in [0.2, 0.25) is 5.88 Å². The molecule has 164 valence electrons. The first-order valence-corrected chi connectivity index (χ1v) is 10.5. The van der Waals surface area contributed by atoms with Crippen LogP contribution >= 0.6 is 24.0 Å². The Balaban J connectivity index is 0.00000300. The number of hydrogen-bond donors (Lipinski definition) is 2. The van der Waals surface area contributed by atoms with Gasteiger partial charge in [-0.05, 0) is 36.3 Å². The van der Waals surface area contributed by atoms with Crippen molar-refractivity contribution in [3.8, 4) is 5.88 Å². The lowest BCUT2D eigenvalue weighted by atomic mass is 10.0. The van der Waals surface area contributed by atoms with E-state index in [2.05, 4.69) is 39.4 Å². The van der Waals surface area contributed by atoms with Gasteiger partial charge >= 0.3 is 0 Å². The number of morpholine rings is 1. The molecule has 7 nitrogen and oxygen atoms in total. The predicted molar refractivity (Wildman–Crippen MR) is 127 cm³/mol. The second-order valence-corrected chi connectivity index (χ2v) is 8.02. The Labute approximate surface area is 192 Å². The van der Waals surface area contributed by atoms with Crippen LogP contribution in [0.4, 0.5) is 0 Å². The Morgan fingerprint density at radius 3 is 2.72 bits per heavy atom. The number of hydrogen-bond acceptors (Lipinski definition) is 5. The minimum absolute atomic E-state index is 0. The minimum Gasteiger partial charge on any atom is -0.477 e. The first kappa shape index (κ1) is 24.1. The van der Waals surface area contributed by atoms with E-state index < -0.39 is 0 Å². The van der Waals surface area contributed by atoms with E-state index in [1.165, 1.54) is 12.8 Å². The highest BCUT2D eigenvalue weighted by Gasteiger charge is 2.24. The molecule has 0 spiro atoms. The lowest BCUT2D eigenvalue weighted by Crippen LogP contribution is -2.52. The molecule has 0 radical (unpaired) electrons. The molecule has 1 aliphatic carbocycles. The summed E-state index contributed by atoms with van der Waals surface area (Å²) in [7, 11) is 1.81. The molecule has 29 heavy (non-hydrogen) atoms. The molecule has 0 amide bonds. The van der Waals surface area contributed by atoms with E-state index in [0.29, 0.717) is 24.4 Å². The summed E-state index contributed by atoms with van der Waals surface area (Å²) < 4.78 is 11.3. The fraction of sp³-hybridized carbons (Fsp3) is 0.714. The highest BCUT2D eigenvalue weighted by atomic mass is 127. The molecule has 1 atom stereocenters. The average molecular weight is 517 g/mol. The molecule has 2 aliphatic rings. The Hall–Kier alpha value is -1.13. The van der Waals surface area contributed by atoms with E-state index in [9.17, 15) is 0 Å². The summed E-state index contributed by atoms with van der Waals surface area (Å²) in [6.45, 7) is 10.5. The predicted octanol–water partition coefficient (Wildman–Crippen LogP) is 2.51. The molecule has 2 heterocycles. The third kappa shape index (κ3) is 8.25. The zero-order chi connectivity index (χ0) is 19.8. The lowest BCUT2D eigenvalue weighted by molar-refractivity contribution is 0.00752. The Morgan fingerprint density at radius 1 is 1.31 bits per heavy atom. The van der Waals surface area contributed by atoms with Crippen LogP contribution < -0.4 is 15.4 Å². The molecule has 3 rings (SSSR count). The van der Waals surface area contributed by atoms with Gasteiger partial charge in [-0.3, -0.25) is 9.89 Å². The van der Waals surface area contributed by atoms with Crippen LogP contribution in [0.25, 0.3) is 0 Å². The van der Waals surface area contributed by atoms with Crippen molar-refractivity contribution in [2.45, 2.75) is 39.3 Å². The summed E-state index contributed by atoms with van der Waals surface area (Å²) in [6.07, 6.45) is 4.37. The molecule has 1 saturated heterocycles. The van der Waals surface area contributed by atoms with Gasteiger partial charge in [0, 0.05) is 51.5 Å². The van der Waals surface area contributed by atoms with Gasteiger partial charge in [-0.15, -0.1) is 24.0 Å². The maximum Gasteiger partial charge on any atom is 0.213 e. The van der Waals surface area contributed by atoms with Crippen LogP contribution in [0.2, 0.25) is 0 Å². The van der Waals surface area contributed by atoms with Crippen LogP contribution in [-0.2, 0) is 11.3 Å². The second kappa shape index (κ2) is 12.5. The molecular weight excluding hydrogens is 481 g/mol. The summed E-state index contributed by atoms with van der Waals surface area (Å²) >= 11 is 0. The molecule has 2 fully saturated rings. The Bertz CT molecular complexity index is 633. The van der Waals surface area contributed by atoms with Crippen molar-refractivity contribution >= 4 is 29.9 Å². The number of pyridine rings is 1. The number of nitrogens with zero attached hydrogens (tertiary/aromatic N) is 3. The molecule has 1 aliphatic heterocycles. The maximum absolute atomic E-state index is 5.78. The second-order valence-electron chi connectivity index (χ2n) is 8.02. The number of guanidine groups is 1. The average Bonchev–Trinajstić information content (AvgIpc) is 3.54. The van der Waals surface area contributed by atoms with Crippen LogP contribution in [0.3, 0.4) is 0 Å². The molecule has 1 unspecified atom stereocenters. The van der Waals surface area contributed by atoms with Crippen molar-refractivity contribution in [1.82, 2.24) is 20.5 Å². The van der Waals surface area contributed by atoms with E-state index >= 15 is 0 Å². The molecular formula is C21H36IN5O2. The monoisotopic (exact) mass is 517 g/mol. The van der Waals surface area contributed by atoms with Crippen molar-refractivity contribution in [3.05, 3.63) is 23.9 Å². The largest absolute Gasteiger partial charge is 0.477 e. The van der Waals surface area contributed by atoms with Gasteiger partial charge < -0.3 is 20.1 Å². The third-order valence-corrected chi connectivity index (χ3v) is 5.41. The number of nitrogens with one attached hydrogen (secondary N) is 2. The maximum atomic E-state index is 5.78. The Kier molecular flexibility index (Phi) is 10.4. The van der Waals surface area contributed by atoms with Gasteiger partial charge in [0.15, 0.2) is 5.96 Å². The zero-order valence-electron chi connectivity index (χ0n) is 17.9. The van der Waals surface area contributed by atoms with Crippen molar-refractivity contribution in [2.24, 2.45) is 16.8 Å². The molecule has 0 aromatic carbocycles. The van der Waals surface area contributed by atoms with Crippen LogP contribution in [0, 0.1) is 11.8 Å². The first-order valence-electron chi connectivity index (χ1n) is 10.5. The van der Waals surface area contributed by atoms with Gasteiger partial charge in [-0.1, -0.05) is 13.8 Å². The van der Waals surface area contributed by atoms with Crippen molar-refractivity contribution < 1.29 is 9.47 Å². The summed E-state index contributed by atoms with van der Waals surface area (Å²) in [4.78, 5) is 11.2. The summed E-state index contributed by atoms with van der Waals surface area (Å²) in [5.74, 6) is 2.82. The van der Waals surface area contributed by atoms with Crippen LogP contribution in [0.1, 0.15) is 32.3 Å². The molecule has 8 heteroatoms. The van der Waals surface area contributed by atoms with E-state index in [-0.39, 0.29) is 24.0 Å². The topological polar surface area (TPSA) is 71.0 Å². The molecule has 1 saturated carbocycles. The van der Waals surface area contributed by atoms with Gasteiger partial charge in [-0.25, -0.2) is 4.98 Å². The van der Waals surface area contributed by atoms with Crippen LogP contribution in [0.15, 0.2) is 23.3 Å². The van der Waals surface area contributed by atoms with E-state index in [1.807, 2.05) is 25.4 Å². The minimum atomic E-state index is 0. The number of aliphatic imine (C=N–C) groups is 1. The third-order valence-electron chi connectivity index (χ3n) is 5.41. The fourth-order valence-electron chi connectivity index (χ4n) is 3.43. The summed E-state index contributed by atoms with van der Waals surface area (Å²) in [5, 5.41) is 6.89. The lowest BCUT2D eigenvalue weighted by Gasteiger charge is -2.37. The normalized spacial score (nSPS) is 18.8. The highest BCUT2D eigenvalue weighted by Crippen LogP contribution is 2.29. The Morgan fingerprint density at radius 2 is 2.07 bits per heavy atom. The quantitative estimate of drug-likeness (QED) is 0.298. The smallest absolute Gasteiger partial charge is 0.213 e. The molecule has 1 aromatic heterocycles. The van der Waals surface area contributed by atoms with Crippen molar-refractivity contribution in [3.63, 3.8) is 0 Å². The van der Waals surface area contributed by atoms with Gasteiger partial charge in [-0.2, -0.15) is 0 Å². The van der Waals surface area contributed by atoms with E-state index in [1.54, 1.807) is 0 Å². The first-order chi connectivity index (χ1) is 13.7. The van der Waals surface area contributed by atoms with Crippen LogP contribution in [-0.4, -0.2) is 68.4 Å². The SMILES string of the molecule is CN=C(NCc1ccnc(OCC2CC2)c1)NCC(C(C)C)N1CCOCC1.I. The number of aromatic nitrogens is 1. The number of halogens is 1. The van der Waals surface area contributed by atoms with Gasteiger partial charge in [0.05, 0.1) is 19.8 Å². The van der Waals surface area contributed by atoms with Crippen molar-refractivity contribution in [1.29, 1.82) is 0 Å². The molecule has 2 N–H and O–H groups in total.